The minimum atomic E-state index is -3.78. The summed E-state index contributed by atoms with van der Waals surface area (Å²) in [6.45, 7) is 8.67. The van der Waals surface area contributed by atoms with Crippen LogP contribution in [-0.2, 0) is 10.0 Å². The van der Waals surface area contributed by atoms with Crippen LogP contribution in [0.5, 0.6) is 0 Å². The molecule has 1 aromatic heterocycles. The summed E-state index contributed by atoms with van der Waals surface area (Å²) < 4.78 is 32.5. The number of amides is 1. The van der Waals surface area contributed by atoms with Crippen molar-refractivity contribution in [2.24, 2.45) is 11.8 Å². The van der Waals surface area contributed by atoms with Gasteiger partial charge in [-0.3, -0.25) is 4.79 Å². The predicted molar refractivity (Wildman–Crippen MR) is 101 cm³/mol. The Hall–Kier alpha value is -1.09. The maximum atomic E-state index is 12.7. The van der Waals surface area contributed by atoms with Crippen LogP contribution in [0, 0.1) is 11.8 Å². The molecule has 0 unspecified atom stereocenters. The second-order valence-corrected chi connectivity index (χ2v) is 9.64. The predicted octanol–water partition coefficient (Wildman–Crippen LogP) is 1.85. The molecule has 1 aromatic rings. The fraction of sp³-hybridized carbons (Fsp3) is 0.706. The highest BCUT2D eigenvalue weighted by molar-refractivity contribution is 7.89. The minimum absolute atomic E-state index is 0. The first kappa shape index (κ1) is 21.2. The molecule has 148 valence electrons. The van der Waals surface area contributed by atoms with E-state index in [0.717, 1.165) is 25.9 Å². The number of hydrogen-bond donors (Lipinski definition) is 2. The van der Waals surface area contributed by atoms with Crippen molar-refractivity contribution in [3.63, 3.8) is 0 Å². The summed E-state index contributed by atoms with van der Waals surface area (Å²) in [7, 11) is -3.78. The molecule has 26 heavy (non-hydrogen) atoms. The van der Waals surface area contributed by atoms with Crippen LogP contribution in [0.2, 0.25) is 0 Å². The molecule has 0 spiro atoms. The molecule has 0 saturated carbocycles. The third-order valence-corrected chi connectivity index (χ3v) is 6.43. The Balaban J connectivity index is 0.00000243. The van der Waals surface area contributed by atoms with Gasteiger partial charge in [0.15, 0.2) is 5.76 Å². The SMILES string of the molecule is CC(C)(C)NS(=O)(=O)c1ccc(C(=O)N2CC[C@@H]3CNC[C@@H]3CC2)o1.Cl. The second kappa shape index (κ2) is 7.88. The number of nitrogens with one attached hydrogen (secondary N) is 2. The average molecular weight is 406 g/mol. The fourth-order valence-electron chi connectivity index (χ4n) is 3.61. The van der Waals surface area contributed by atoms with Crippen LogP contribution in [-0.4, -0.2) is 50.9 Å². The van der Waals surface area contributed by atoms with Gasteiger partial charge in [-0.2, -0.15) is 0 Å². The Bertz CT molecular complexity index is 727. The molecule has 0 bridgehead atoms. The lowest BCUT2D eigenvalue weighted by atomic mass is 9.92. The van der Waals surface area contributed by atoms with Crippen molar-refractivity contribution in [3.8, 4) is 0 Å². The molecule has 3 heterocycles. The van der Waals surface area contributed by atoms with Gasteiger partial charge in [-0.25, -0.2) is 13.1 Å². The van der Waals surface area contributed by atoms with E-state index in [-0.39, 0.29) is 29.2 Å². The lowest BCUT2D eigenvalue weighted by Gasteiger charge is -2.20. The van der Waals surface area contributed by atoms with E-state index in [1.54, 1.807) is 25.7 Å². The monoisotopic (exact) mass is 405 g/mol. The zero-order valence-corrected chi connectivity index (χ0v) is 17.1. The Labute approximate surface area is 161 Å². The molecule has 0 aliphatic carbocycles. The van der Waals surface area contributed by atoms with Crippen LogP contribution >= 0.6 is 12.4 Å². The Morgan fingerprint density at radius 3 is 2.31 bits per heavy atom. The van der Waals surface area contributed by atoms with Gasteiger partial charge in [0.25, 0.3) is 15.9 Å². The summed E-state index contributed by atoms with van der Waals surface area (Å²) in [5, 5.41) is 3.19. The maximum Gasteiger partial charge on any atom is 0.289 e. The van der Waals surface area contributed by atoms with E-state index in [1.807, 2.05) is 0 Å². The van der Waals surface area contributed by atoms with Crippen molar-refractivity contribution in [2.45, 2.75) is 44.2 Å². The zero-order chi connectivity index (χ0) is 18.2. The molecule has 9 heteroatoms. The largest absolute Gasteiger partial charge is 0.438 e. The topological polar surface area (TPSA) is 91.7 Å². The van der Waals surface area contributed by atoms with Crippen molar-refractivity contribution in [1.29, 1.82) is 0 Å². The number of hydrogen-bond acceptors (Lipinski definition) is 5. The van der Waals surface area contributed by atoms with Crippen molar-refractivity contribution < 1.29 is 17.6 Å². The zero-order valence-electron chi connectivity index (χ0n) is 15.4. The van der Waals surface area contributed by atoms with E-state index >= 15 is 0 Å². The normalized spacial score (nSPS) is 23.9. The first-order valence-electron chi connectivity index (χ1n) is 8.79. The Morgan fingerprint density at radius 2 is 1.77 bits per heavy atom. The van der Waals surface area contributed by atoms with Gasteiger partial charge in [-0.1, -0.05) is 0 Å². The highest BCUT2D eigenvalue weighted by Crippen LogP contribution is 2.28. The lowest BCUT2D eigenvalue weighted by molar-refractivity contribution is 0.0720. The first-order chi connectivity index (χ1) is 11.7. The quantitative estimate of drug-likeness (QED) is 0.800. The van der Waals surface area contributed by atoms with Crippen LogP contribution in [0.25, 0.3) is 0 Å². The molecule has 1 amide bonds. The lowest BCUT2D eigenvalue weighted by Crippen LogP contribution is -2.40. The molecule has 2 aliphatic rings. The number of carbonyl (C=O) groups is 1. The Kier molecular flexibility index (Phi) is 6.43. The van der Waals surface area contributed by atoms with E-state index in [4.69, 9.17) is 4.42 Å². The molecule has 2 aliphatic heterocycles. The van der Waals surface area contributed by atoms with E-state index in [2.05, 4.69) is 10.0 Å². The fourth-order valence-corrected chi connectivity index (χ4v) is 4.96. The van der Waals surface area contributed by atoms with E-state index in [1.165, 1.54) is 12.1 Å². The summed E-state index contributed by atoms with van der Waals surface area (Å²) in [5.74, 6) is 1.10. The molecule has 3 rings (SSSR count). The summed E-state index contributed by atoms with van der Waals surface area (Å²) in [4.78, 5) is 14.5. The van der Waals surface area contributed by atoms with Gasteiger partial charge < -0.3 is 14.6 Å². The molecule has 0 radical (unpaired) electrons. The van der Waals surface area contributed by atoms with Gasteiger partial charge in [-0.15, -0.1) is 12.4 Å². The van der Waals surface area contributed by atoms with Crippen molar-refractivity contribution in [1.82, 2.24) is 14.9 Å². The number of furan rings is 1. The van der Waals surface area contributed by atoms with Crippen molar-refractivity contribution in [3.05, 3.63) is 17.9 Å². The van der Waals surface area contributed by atoms with Gasteiger partial charge in [0, 0.05) is 18.6 Å². The van der Waals surface area contributed by atoms with E-state index in [0.29, 0.717) is 24.9 Å². The highest BCUT2D eigenvalue weighted by atomic mass is 35.5. The van der Waals surface area contributed by atoms with Gasteiger partial charge in [0.1, 0.15) is 0 Å². The third-order valence-electron chi connectivity index (χ3n) is 4.80. The summed E-state index contributed by atoms with van der Waals surface area (Å²) in [6.07, 6.45) is 1.95. The standard InChI is InChI=1S/C17H27N3O4S.ClH/c1-17(2,3)19-25(22,23)15-5-4-14(24-15)16(21)20-8-6-12-10-18-11-13(12)7-9-20;/h4-5,12-13,18-19H,6-11H2,1-3H3;1H/t12-,13+;. The van der Waals surface area contributed by atoms with Crippen LogP contribution < -0.4 is 10.0 Å². The van der Waals surface area contributed by atoms with Gasteiger partial charge in [0.05, 0.1) is 0 Å². The van der Waals surface area contributed by atoms with Crippen molar-refractivity contribution >= 4 is 28.3 Å². The second-order valence-electron chi connectivity index (χ2n) is 8.02. The molecule has 0 aromatic carbocycles. The van der Waals surface area contributed by atoms with E-state index < -0.39 is 15.6 Å². The molecule has 2 atom stereocenters. The highest BCUT2D eigenvalue weighted by Gasteiger charge is 2.33. The third kappa shape index (κ3) is 4.79. The number of fused-ring (bicyclic) bond motifs is 1. The summed E-state index contributed by atoms with van der Waals surface area (Å²) >= 11 is 0. The summed E-state index contributed by atoms with van der Waals surface area (Å²) in [6, 6.07) is 2.80. The van der Waals surface area contributed by atoms with Crippen LogP contribution in [0.4, 0.5) is 0 Å². The average Bonchev–Trinajstić information content (AvgIpc) is 3.11. The maximum absolute atomic E-state index is 12.7. The number of carbonyl (C=O) groups excluding carboxylic acids is 1. The van der Waals surface area contributed by atoms with Crippen LogP contribution in [0.3, 0.4) is 0 Å². The molecule has 2 fully saturated rings. The van der Waals surface area contributed by atoms with Gasteiger partial charge in [-0.05, 0) is 70.7 Å². The van der Waals surface area contributed by atoms with Gasteiger partial charge >= 0.3 is 0 Å². The molecule has 7 nitrogen and oxygen atoms in total. The van der Waals surface area contributed by atoms with E-state index in [9.17, 15) is 13.2 Å². The Morgan fingerprint density at radius 1 is 1.19 bits per heavy atom. The van der Waals surface area contributed by atoms with Crippen LogP contribution in [0.15, 0.2) is 21.6 Å². The molecular formula is C17H28ClN3O4S. The first-order valence-corrected chi connectivity index (χ1v) is 10.3. The number of nitrogens with zero attached hydrogens (tertiary/aromatic N) is 1. The van der Waals surface area contributed by atoms with Crippen molar-refractivity contribution in [2.75, 3.05) is 26.2 Å². The smallest absolute Gasteiger partial charge is 0.289 e. The number of halogens is 1. The number of likely N-dealkylation sites (tertiary alicyclic amines) is 1. The summed E-state index contributed by atoms with van der Waals surface area (Å²) in [5.41, 5.74) is -0.619. The van der Waals surface area contributed by atoms with Crippen LogP contribution in [0.1, 0.15) is 44.2 Å². The molecular weight excluding hydrogens is 378 g/mol. The molecule has 2 saturated heterocycles. The van der Waals surface area contributed by atoms with Gasteiger partial charge in [0.2, 0.25) is 5.09 Å². The minimum Gasteiger partial charge on any atom is -0.438 e. The number of rotatable bonds is 3. The number of sulfonamides is 1. The molecule has 2 N–H and O–H groups in total.